The highest BCUT2D eigenvalue weighted by Gasteiger charge is 2.09. The van der Waals surface area contributed by atoms with Gasteiger partial charge in [0.1, 0.15) is 22.4 Å². The van der Waals surface area contributed by atoms with Gasteiger partial charge in [0.2, 0.25) is 0 Å². The number of anilines is 1. The molecule has 0 aliphatic rings. The van der Waals surface area contributed by atoms with Gasteiger partial charge < -0.3 is 10.1 Å². The predicted octanol–water partition coefficient (Wildman–Crippen LogP) is 5.56. The van der Waals surface area contributed by atoms with Crippen LogP contribution >= 0.6 is 27.3 Å². The molecule has 1 heterocycles. The Hall–Kier alpha value is -2.62. The van der Waals surface area contributed by atoms with E-state index < -0.39 is 0 Å². The van der Waals surface area contributed by atoms with E-state index in [4.69, 9.17) is 4.74 Å². The fourth-order valence-electron chi connectivity index (χ4n) is 2.14. The van der Waals surface area contributed by atoms with E-state index >= 15 is 0 Å². The number of hydrogen-bond acceptors (Lipinski definition) is 5. The van der Waals surface area contributed by atoms with E-state index in [2.05, 4.69) is 32.3 Å². The molecule has 2 aromatic carbocycles. The number of nitrogens with zero attached hydrogens (tertiary/aromatic N) is 2. The van der Waals surface area contributed by atoms with Crippen LogP contribution in [0.1, 0.15) is 5.01 Å². The third kappa shape index (κ3) is 4.27. The number of ether oxygens (including phenoxy) is 1. The van der Waals surface area contributed by atoms with Crippen molar-refractivity contribution < 1.29 is 4.74 Å². The number of nitriles is 1. The average molecular weight is 412 g/mol. The molecule has 0 unspecified atom stereocenters. The van der Waals surface area contributed by atoms with Crippen LogP contribution in [0, 0.1) is 11.3 Å². The topological polar surface area (TPSA) is 57.9 Å². The Kier molecular flexibility index (Phi) is 5.49. The maximum atomic E-state index is 9.44. The molecule has 1 aromatic heterocycles. The van der Waals surface area contributed by atoms with Crippen molar-refractivity contribution in [2.24, 2.45) is 0 Å². The Bertz CT molecular complexity index is 925. The van der Waals surface area contributed by atoms with Gasteiger partial charge in [0.25, 0.3) is 0 Å². The monoisotopic (exact) mass is 411 g/mol. The maximum absolute atomic E-state index is 9.44. The van der Waals surface area contributed by atoms with Crippen molar-refractivity contribution in [2.75, 3.05) is 12.4 Å². The van der Waals surface area contributed by atoms with Crippen LogP contribution in [0.4, 0.5) is 5.69 Å². The van der Waals surface area contributed by atoms with E-state index in [9.17, 15) is 5.26 Å². The van der Waals surface area contributed by atoms with E-state index in [-0.39, 0.29) is 0 Å². The molecule has 0 amide bonds. The van der Waals surface area contributed by atoms with Gasteiger partial charge in [0.05, 0.1) is 12.8 Å². The van der Waals surface area contributed by atoms with Gasteiger partial charge in [-0.2, -0.15) is 5.26 Å². The van der Waals surface area contributed by atoms with Crippen molar-refractivity contribution in [2.45, 2.75) is 0 Å². The molecular weight excluding hydrogens is 398 g/mol. The lowest BCUT2D eigenvalue weighted by Crippen LogP contribution is -1.91. The molecule has 3 aromatic rings. The summed E-state index contributed by atoms with van der Waals surface area (Å²) >= 11 is 4.87. The van der Waals surface area contributed by atoms with Gasteiger partial charge in [0, 0.05) is 27.3 Å². The third-order valence-corrected chi connectivity index (χ3v) is 4.87. The molecule has 0 aliphatic heterocycles. The summed E-state index contributed by atoms with van der Waals surface area (Å²) < 4.78 is 6.15. The molecule has 0 spiro atoms. The third-order valence-electron chi connectivity index (χ3n) is 3.47. The molecule has 4 nitrogen and oxygen atoms in total. The van der Waals surface area contributed by atoms with Crippen LogP contribution in [0.2, 0.25) is 0 Å². The number of benzene rings is 2. The first-order valence-electron chi connectivity index (χ1n) is 7.42. The lowest BCUT2D eigenvalue weighted by Gasteiger charge is -2.03. The molecule has 0 fully saturated rings. The Morgan fingerprint density at radius 1 is 1.20 bits per heavy atom. The van der Waals surface area contributed by atoms with E-state index in [1.54, 1.807) is 13.3 Å². The van der Waals surface area contributed by atoms with Gasteiger partial charge in [-0.1, -0.05) is 28.1 Å². The van der Waals surface area contributed by atoms with Crippen molar-refractivity contribution in [1.29, 1.82) is 5.26 Å². The summed E-state index contributed by atoms with van der Waals surface area (Å²) in [6.07, 6.45) is 1.67. The Labute approximate surface area is 158 Å². The standard InChI is InChI=1S/C19H14BrN3OS/c1-24-17-8-6-16(7-9-17)22-11-14(10-21)19-23-18(12-25-19)13-2-4-15(20)5-3-13/h2-9,11-12,22H,1H3. The summed E-state index contributed by atoms with van der Waals surface area (Å²) in [5, 5.41) is 15.2. The number of hydrogen-bond donors (Lipinski definition) is 1. The van der Waals surface area contributed by atoms with Crippen LogP contribution < -0.4 is 10.1 Å². The lowest BCUT2D eigenvalue weighted by atomic mass is 10.2. The molecule has 6 heteroatoms. The number of halogens is 1. The number of allylic oxidation sites excluding steroid dienone is 1. The molecule has 1 N–H and O–H groups in total. The van der Waals surface area contributed by atoms with Gasteiger partial charge in [-0.3, -0.25) is 0 Å². The van der Waals surface area contributed by atoms with Crippen molar-refractivity contribution in [3.8, 4) is 23.1 Å². The number of methoxy groups -OCH3 is 1. The van der Waals surface area contributed by atoms with Crippen LogP contribution in [0.5, 0.6) is 5.75 Å². The summed E-state index contributed by atoms with van der Waals surface area (Å²) in [5.41, 5.74) is 3.24. The number of aromatic nitrogens is 1. The molecule has 124 valence electrons. The summed E-state index contributed by atoms with van der Waals surface area (Å²) in [4.78, 5) is 4.57. The second kappa shape index (κ2) is 7.97. The molecule has 0 aliphatic carbocycles. The van der Waals surface area contributed by atoms with E-state index in [1.165, 1.54) is 11.3 Å². The summed E-state index contributed by atoms with van der Waals surface area (Å²) in [5.74, 6) is 0.786. The van der Waals surface area contributed by atoms with Gasteiger partial charge >= 0.3 is 0 Å². The highest BCUT2D eigenvalue weighted by Crippen LogP contribution is 2.27. The van der Waals surface area contributed by atoms with Crippen LogP contribution in [0.3, 0.4) is 0 Å². The van der Waals surface area contributed by atoms with E-state index in [0.717, 1.165) is 27.2 Å². The molecule has 0 atom stereocenters. The summed E-state index contributed by atoms with van der Waals surface area (Å²) in [6.45, 7) is 0. The minimum absolute atomic E-state index is 0.490. The molecular formula is C19H14BrN3OS. The Balaban J connectivity index is 1.78. The Morgan fingerprint density at radius 2 is 1.92 bits per heavy atom. The fraction of sp³-hybridized carbons (Fsp3) is 0.0526. The van der Waals surface area contributed by atoms with Gasteiger partial charge in [0.15, 0.2) is 0 Å². The second-order valence-corrected chi connectivity index (χ2v) is 6.86. The number of rotatable bonds is 5. The van der Waals surface area contributed by atoms with Crippen LogP contribution in [0.25, 0.3) is 16.8 Å². The molecule has 0 saturated carbocycles. The molecule has 0 bridgehead atoms. The first kappa shape index (κ1) is 17.2. The number of nitrogens with one attached hydrogen (secondary N) is 1. The van der Waals surface area contributed by atoms with Crippen molar-refractivity contribution in [3.63, 3.8) is 0 Å². The zero-order valence-corrected chi connectivity index (χ0v) is 15.8. The van der Waals surface area contributed by atoms with Crippen molar-refractivity contribution in [1.82, 2.24) is 4.98 Å². The van der Waals surface area contributed by atoms with Gasteiger partial charge in [-0.25, -0.2) is 4.98 Å². The largest absolute Gasteiger partial charge is 0.497 e. The molecule has 25 heavy (non-hydrogen) atoms. The quantitative estimate of drug-likeness (QED) is 0.558. The maximum Gasteiger partial charge on any atom is 0.136 e. The molecule has 3 rings (SSSR count). The SMILES string of the molecule is COc1ccc(NC=C(C#N)c2nc(-c3ccc(Br)cc3)cs2)cc1. The van der Waals surface area contributed by atoms with Gasteiger partial charge in [-0.05, 0) is 36.4 Å². The number of thiazole rings is 1. The highest BCUT2D eigenvalue weighted by molar-refractivity contribution is 9.10. The highest BCUT2D eigenvalue weighted by atomic mass is 79.9. The normalized spacial score (nSPS) is 11.0. The molecule has 0 radical (unpaired) electrons. The summed E-state index contributed by atoms with van der Waals surface area (Å²) in [6, 6.07) is 17.6. The zero-order valence-electron chi connectivity index (χ0n) is 13.4. The van der Waals surface area contributed by atoms with Gasteiger partial charge in [-0.15, -0.1) is 11.3 Å². The smallest absolute Gasteiger partial charge is 0.136 e. The van der Waals surface area contributed by atoms with Crippen LogP contribution in [0.15, 0.2) is 64.6 Å². The average Bonchev–Trinajstić information content (AvgIpc) is 3.13. The first-order valence-corrected chi connectivity index (χ1v) is 9.09. The summed E-state index contributed by atoms with van der Waals surface area (Å²) in [7, 11) is 1.63. The second-order valence-electron chi connectivity index (χ2n) is 5.09. The van der Waals surface area contributed by atoms with Crippen molar-refractivity contribution >= 4 is 38.5 Å². The predicted molar refractivity (Wildman–Crippen MR) is 105 cm³/mol. The zero-order chi connectivity index (χ0) is 17.6. The van der Waals surface area contributed by atoms with Crippen LogP contribution in [-0.2, 0) is 0 Å². The minimum atomic E-state index is 0.490. The fourth-order valence-corrected chi connectivity index (χ4v) is 3.19. The first-order chi connectivity index (χ1) is 12.2. The minimum Gasteiger partial charge on any atom is -0.497 e. The Morgan fingerprint density at radius 3 is 2.56 bits per heavy atom. The van der Waals surface area contributed by atoms with E-state index in [0.29, 0.717) is 10.6 Å². The lowest BCUT2D eigenvalue weighted by molar-refractivity contribution is 0.415. The van der Waals surface area contributed by atoms with Crippen molar-refractivity contribution in [3.05, 3.63) is 69.6 Å². The van der Waals surface area contributed by atoms with Crippen LogP contribution in [-0.4, -0.2) is 12.1 Å². The van der Waals surface area contributed by atoms with E-state index in [1.807, 2.05) is 53.9 Å². The molecule has 0 saturated heterocycles.